The Balaban J connectivity index is 1.36. The number of ether oxygens (including phenoxy) is 1. The molecule has 1 atom stereocenters. The van der Waals surface area contributed by atoms with Gasteiger partial charge in [0.1, 0.15) is 10.4 Å². The maximum Gasteiger partial charge on any atom is 0.310 e. The van der Waals surface area contributed by atoms with Crippen LogP contribution in [-0.4, -0.2) is 52.1 Å². The number of hydrogen-bond donors (Lipinski definition) is 2. The van der Waals surface area contributed by atoms with Gasteiger partial charge in [0.05, 0.1) is 17.5 Å². The predicted molar refractivity (Wildman–Crippen MR) is 122 cm³/mol. The molecule has 2 aliphatic rings. The highest BCUT2D eigenvalue weighted by molar-refractivity contribution is 8.45. The van der Waals surface area contributed by atoms with Crippen LogP contribution in [-0.2, 0) is 4.74 Å². The second-order valence-corrected chi connectivity index (χ2v) is 11.5. The maximum atomic E-state index is 13.1. The summed E-state index contributed by atoms with van der Waals surface area (Å²) in [4.78, 5) is 24.8. The van der Waals surface area contributed by atoms with Crippen molar-refractivity contribution in [2.75, 3.05) is 32.0 Å². The number of nitrogens with one attached hydrogen (secondary N) is 1. The van der Waals surface area contributed by atoms with E-state index in [-0.39, 0.29) is 36.1 Å². The fourth-order valence-electron chi connectivity index (χ4n) is 4.77. The number of hydrogen-bond acceptors (Lipinski definition) is 5. The smallest absolute Gasteiger partial charge is 0.310 e. The van der Waals surface area contributed by atoms with E-state index in [2.05, 4.69) is 9.97 Å². The number of nitrogen functional groups attached to an aromatic ring is 1. The molecule has 1 aromatic carbocycles. The number of carbonyl (C=O) groups is 1. The van der Waals surface area contributed by atoms with Crippen LogP contribution in [0.15, 0.2) is 35.5 Å². The molecule has 35 heavy (non-hydrogen) atoms. The fraction of sp³-hybridized carbons (Fsp3) is 0.409. The first kappa shape index (κ1) is 23.8. The number of benzene rings is 1. The summed E-state index contributed by atoms with van der Waals surface area (Å²) in [5.41, 5.74) is 7.89. The molecule has 0 radical (unpaired) electrons. The molecule has 13 heteroatoms. The van der Waals surface area contributed by atoms with Crippen molar-refractivity contribution < 1.29 is 29.0 Å². The van der Waals surface area contributed by atoms with Crippen LogP contribution in [0, 0.1) is 0 Å². The van der Waals surface area contributed by atoms with Gasteiger partial charge in [0.25, 0.3) is 5.91 Å². The van der Waals surface area contributed by atoms with Crippen LogP contribution in [0.4, 0.5) is 25.1 Å². The van der Waals surface area contributed by atoms with E-state index in [0.717, 1.165) is 35.7 Å². The van der Waals surface area contributed by atoms with Crippen LogP contribution in [0.3, 0.4) is 0 Å². The third-order valence-corrected chi connectivity index (χ3v) is 7.83. The van der Waals surface area contributed by atoms with Crippen molar-refractivity contribution in [3.63, 3.8) is 0 Å². The average Bonchev–Trinajstić information content (AvgIpc) is 3.44. The number of nitrogens with zero attached hydrogens (tertiary/aromatic N) is 3. The molecule has 0 saturated carbocycles. The van der Waals surface area contributed by atoms with E-state index < -0.39 is 26.7 Å². The second-order valence-electron chi connectivity index (χ2n) is 9.08. The van der Waals surface area contributed by atoms with Crippen molar-refractivity contribution in [2.45, 2.75) is 36.0 Å². The number of aromatic nitrogens is 3. The number of halogens is 5. The first-order valence-electron chi connectivity index (χ1n) is 11.1. The van der Waals surface area contributed by atoms with Gasteiger partial charge in [0.2, 0.25) is 0 Å². The van der Waals surface area contributed by atoms with Crippen LogP contribution in [0.5, 0.6) is 0 Å². The molecule has 1 unspecified atom stereocenters. The topological polar surface area (TPSA) is 97.1 Å². The number of anilines is 1. The zero-order valence-electron chi connectivity index (χ0n) is 18.5. The molecule has 0 bridgehead atoms. The van der Waals surface area contributed by atoms with Gasteiger partial charge in [-0.1, -0.05) is 19.4 Å². The molecule has 3 aromatic rings. The van der Waals surface area contributed by atoms with E-state index in [1.807, 2.05) is 6.20 Å². The Kier molecular flexibility index (Phi) is 5.12. The molecule has 2 aromatic heterocycles. The van der Waals surface area contributed by atoms with Crippen LogP contribution >= 0.6 is 10.2 Å². The Morgan fingerprint density at radius 1 is 1.11 bits per heavy atom. The second kappa shape index (κ2) is 7.53. The molecular formula is C22H24F5N5O2S. The highest BCUT2D eigenvalue weighted by Gasteiger charge is 2.65. The van der Waals surface area contributed by atoms with Crippen molar-refractivity contribution >= 4 is 33.0 Å². The van der Waals surface area contributed by atoms with E-state index in [9.17, 15) is 24.2 Å². The lowest BCUT2D eigenvalue weighted by atomic mass is 9.96. The number of carbonyl (C=O) groups excluding carboxylic acids is 1. The van der Waals surface area contributed by atoms with Gasteiger partial charge in [-0.15, -0.1) is 0 Å². The van der Waals surface area contributed by atoms with E-state index in [1.165, 1.54) is 4.90 Å². The van der Waals surface area contributed by atoms with Crippen LogP contribution in [0.2, 0.25) is 0 Å². The summed E-state index contributed by atoms with van der Waals surface area (Å²) < 4.78 is 70.8. The first-order valence-corrected chi connectivity index (χ1v) is 13.1. The number of rotatable bonds is 4. The molecular weight excluding hydrogens is 493 g/mol. The number of nitrogens with two attached hydrogens (primary N) is 1. The third-order valence-electron chi connectivity index (χ3n) is 6.68. The molecule has 190 valence electrons. The highest BCUT2D eigenvalue weighted by atomic mass is 32.5. The predicted octanol–water partition coefficient (Wildman–Crippen LogP) is 5.72. The maximum absolute atomic E-state index is 13.1. The quantitative estimate of drug-likeness (QED) is 0.341. The normalized spacial score (nSPS) is 21.7. The van der Waals surface area contributed by atoms with Crippen molar-refractivity contribution in [3.8, 4) is 0 Å². The lowest BCUT2D eigenvalue weighted by Gasteiger charge is -2.40. The largest absolute Gasteiger partial charge is 0.398 e. The lowest BCUT2D eigenvalue weighted by molar-refractivity contribution is 0.0791. The Morgan fingerprint density at radius 2 is 1.86 bits per heavy atom. The number of H-pyrrole nitrogens is 1. The summed E-state index contributed by atoms with van der Waals surface area (Å²) >= 11 is 0. The van der Waals surface area contributed by atoms with E-state index >= 15 is 0 Å². The van der Waals surface area contributed by atoms with E-state index in [4.69, 9.17) is 15.5 Å². The van der Waals surface area contributed by atoms with Crippen LogP contribution < -0.4 is 5.73 Å². The van der Waals surface area contributed by atoms with Gasteiger partial charge in [0, 0.05) is 55.6 Å². The Hall–Kier alpha value is -2.93. The first-order chi connectivity index (χ1) is 16.3. The minimum atomic E-state index is -9.89. The monoisotopic (exact) mass is 517 g/mol. The minimum Gasteiger partial charge on any atom is -0.398 e. The Labute approximate surface area is 197 Å². The molecule has 3 N–H and O–H groups in total. The molecule has 2 aliphatic heterocycles. The van der Waals surface area contributed by atoms with Gasteiger partial charge >= 0.3 is 10.2 Å². The van der Waals surface area contributed by atoms with Gasteiger partial charge < -0.3 is 20.4 Å². The van der Waals surface area contributed by atoms with Gasteiger partial charge in [-0.2, -0.15) is 0 Å². The standard InChI is InChI=1S/C22H24F5N5O2S/c23-35(24,25,26,27)15-1-2-16(18(28)9-15)22(33)32-6-3-14(12-32)17-10-29-21-20(17)31-19(11-30-21)13-4-7-34-8-5-13/h1-2,9-11,13-14H,3-8,12,28H2,(H,29,30). The van der Waals surface area contributed by atoms with Gasteiger partial charge in [-0.05, 0) is 37.5 Å². The van der Waals surface area contributed by atoms with Crippen molar-refractivity contribution in [1.29, 1.82) is 0 Å². The number of fused-ring (bicyclic) bond motifs is 1. The fourth-order valence-corrected chi connectivity index (χ4v) is 5.44. The highest BCUT2D eigenvalue weighted by Crippen LogP contribution is 3.02. The Bertz CT molecular complexity index is 1310. The van der Waals surface area contributed by atoms with Gasteiger partial charge in [-0.3, -0.25) is 4.79 Å². The molecule has 2 fully saturated rings. The molecule has 2 saturated heterocycles. The molecule has 0 spiro atoms. The minimum absolute atomic E-state index is 0.0721. The van der Waals surface area contributed by atoms with Crippen LogP contribution in [0.1, 0.15) is 52.7 Å². The molecule has 4 heterocycles. The number of likely N-dealkylation sites (tertiary alicyclic amines) is 1. The molecule has 7 nitrogen and oxygen atoms in total. The number of amides is 1. The summed E-state index contributed by atoms with van der Waals surface area (Å²) in [5.74, 6) is -0.410. The SMILES string of the molecule is Nc1cc(S(F)(F)(F)(F)F)ccc1C(=O)N1CCC(c2c[nH]c3ncc(C4CCOCC4)nc23)C1. The lowest BCUT2D eigenvalue weighted by Crippen LogP contribution is -2.29. The molecule has 1 amide bonds. The summed E-state index contributed by atoms with van der Waals surface area (Å²) in [6, 6.07) is 1.07. The van der Waals surface area contributed by atoms with E-state index in [0.29, 0.717) is 31.8 Å². The zero-order valence-corrected chi connectivity index (χ0v) is 19.3. The Morgan fingerprint density at radius 3 is 2.54 bits per heavy atom. The third kappa shape index (κ3) is 4.66. The number of aromatic amines is 1. The molecule has 0 aliphatic carbocycles. The van der Waals surface area contributed by atoms with Crippen molar-refractivity contribution in [1.82, 2.24) is 19.9 Å². The van der Waals surface area contributed by atoms with Gasteiger partial charge in [-0.25, -0.2) is 9.97 Å². The van der Waals surface area contributed by atoms with Crippen molar-refractivity contribution in [2.24, 2.45) is 0 Å². The molecule has 5 rings (SSSR count). The summed E-state index contributed by atoms with van der Waals surface area (Å²) in [5, 5.41) is 0. The van der Waals surface area contributed by atoms with E-state index in [1.54, 1.807) is 6.20 Å². The summed E-state index contributed by atoms with van der Waals surface area (Å²) in [6.07, 6.45) is 5.92. The average molecular weight is 518 g/mol. The van der Waals surface area contributed by atoms with Gasteiger partial charge in [0.15, 0.2) is 5.65 Å². The van der Waals surface area contributed by atoms with Crippen molar-refractivity contribution in [3.05, 3.63) is 47.4 Å². The summed E-state index contributed by atoms with van der Waals surface area (Å²) in [7, 11) is -9.89. The zero-order chi connectivity index (χ0) is 25.1. The van der Waals surface area contributed by atoms with Crippen LogP contribution in [0.25, 0.3) is 11.2 Å². The summed E-state index contributed by atoms with van der Waals surface area (Å²) in [6.45, 7) is 1.98.